The van der Waals surface area contributed by atoms with Crippen molar-refractivity contribution in [3.63, 3.8) is 0 Å². The second-order valence-electron chi connectivity index (χ2n) is 4.97. The molecule has 0 bridgehead atoms. The molecule has 22 heavy (non-hydrogen) atoms. The first-order chi connectivity index (χ1) is 10.8. The Hall–Kier alpha value is -3.07. The van der Waals surface area contributed by atoms with Crippen LogP contribution in [-0.4, -0.2) is 5.84 Å². The van der Waals surface area contributed by atoms with Gasteiger partial charge < -0.3 is 10.6 Å². The van der Waals surface area contributed by atoms with Crippen LogP contribution in [0, 0.1) is 5.41 Å². The molecule has 0 aromatic heterocycles. The van der Waals surface area contributed by atoms with E-state index < -0.39 is 0 Å². The summed E-state index contributed by atoms with van der Waals surface area (Å²) in [4.78, 5) is 2.15. The zero-order chi connectivity index (χ0) is 15.4. The first-order valence-corrected chi connectivity index (χ1v) is 7.10. The molecule has 3 aromatic rings. The van der Waals surface area contributed by atoms with Crippen LogP contribution in [0.3, 0.4) is 0 Å². The van der Waals surface area contributed by atoms with Gasteiger partial charge in [-0.2, -0.15) is 0 Å². The lowest BCUT2D eigenvalue weighted by Gasteiger charge is -2.25. The van der Waals surface area contributed by atoms with Crippen molar-refractivity contribution < 1.29 is 0 Å². The Kier molecular flexibility index (Phi) is 3.88. The van der Waals surface area contributed by atoms with Crippen LogP contribution >= 0.6 is 0 Å². The molecule has 0 saturated carbocycles. The van der Waals surface area contributed by atoms with Crippen LogP contribution in [0.1, 0.15) is 5.56 Å². The quantitative estimate of drug-likeness (QED) is 0.550. The summed E-state index contributed by atoms with van der Waals surface area (Å²) in [5.74, 6) is 0.0722. The van der Waals surface area contributed by atoms with Crippen molar-refractivity contribution in [2.45, 2.75) is 0 Å². The molecule has 0 spiro atoms. The van der Waals surface area contributed by atoms with E-state index in [-0.39, 0.29) is 5.84 Å². The van der Waals surface area contributed by atoms with Crippen molar-refractivity contribution in [2.75, 3.05) is 4.90 Å². The van der Waals surface area contributed by atoms with E-state index in [0.717, 1.165) is 22.6 Å². The third kappa shape index (κ3) is 2.83. The van der Waals surface area contributed by atoms with Crippen molar-refractivity contribution >= 4 is 22.9 Å². The number of anilines is 3. The molecule has 0 saturated heterocycles. The molecule has 108 valence electrons. The number of benzene rings is 3. The zero-order valence-electron chi connectivity index (χ0n) is 12.1. The highest BCUT2D eigenvalue weighted by Gasteiger charge is 2.12. The Morgan fingerprint density at radius 2 is 1.18 bits per heavy atom. The van der Waals surface area contributed by atoms with Gasteiger partial charge in [0.05, 0.1) is 0 Å². The number of rotatable bonds is 4. The van der Waals surface area contributed by atoms with Crippen LogP contribution in [0.4, 0.5) is 17.1 Å². The van der Waals surface area contributed by atoms with E-state index in [1.165, 1.54) is 0 Å². The fourth-order valence-electron chi connectivity index (χ4n) is 2.41. The molecule has 0 atom stereocenters. The maximum atomic E-state index is 7.64. The zero-order valence-corrected chi connectivity index (χ0v) is 12.1. The predicted molar refractivity (Wildman–Crippen MR) is 92.1 cm³/mol. The summed E-state index contributed by atoms with van der Waals surface area (Å²) in [5.41, 5.74) is 9.45. The van der Waals surface area contributed by atoms with Gasteiger partial charge in [0.2, 0.25) is 0 Å². The summed E-state index contributed by atoms with van der Waals surface area (Å²) in [6.45, 7) is 0. The summed E-state index contributed by atoms with van der Waals surface area (Å²) in [6.07, 6.45) is 0. The smallest absolute Gasteiger partial charge is 0.122 e. The number of nitrogens with one attached hydrogen (secondary N) is 1. The average Bonchev–Trinajstić information content (AvgIpc) is 2.57. The van der Waals surface area contributed by atoms with Gasteiger partial charge in [0, 0.05) is 22.6 Å². The Labute approximate surface area is 130 Å². The molecule has 0 aliphatic rings. The molecular formula is C19H17N3. The number of hydrogen-bond acceptors (Lipinski definition) is 2. The Balaban J connectivity index is 2.14. The lowest BCUT2D eigenvalue weighted by Crippen LogP contribution is -2.14. The van der Waals surface area contributed by atoms with Gasteiger partial charge in [0.1, 0.15) is 5.84 Å². The molecule has 3 N–H and O–H groups in total. The van der Waals surface area contributed by atoms with Crippen molar-refractivity contribution in [2.24, 2.45) is 5.73 Å². The summed E-state index contributed by atoms with van der Waals surface area (Å²) in [6, 6.07) is 28.0. The highest BCUT2D eigenvalue weighted by atomic mass is 15.1. The summed E-state index contributed by atoms with van der Waals surface area (Å²) < 4.78 is 0. The van der Waals surface area contributed by atoms with Crippen LogP contribution in [0.15, 0.2) is 84.9 Å². The molecule has 3 rings (SSSR count). The van der Waals surface area contributed by atoms with Crippen molar-refractivity contribution in [3.8, 4) is 0 Å². The van der Waals surface area contributed by atoms with Crippen molar-refractivity contribution in [1.82, 2.24) is 0 Å². The van der Waals surface area contributed by atoms with Gasteiger partial charge >= 0.3 is 0 Å². The number of amidine groups is 1. The van der Waals surface area contributed by atoms with Gasteiger partial charge in [-0.05, 0) is 36.4 Å². The minimum Gasteiger partial charge on any atom is -0.384 e. The van der Waals surface area contributed by atoms with Gasteiger partial charge in [-0.25, -0.2) is 0 Å². The molecule has 3 heteroatoms. The largest absolute Gasteiger partial charge is 0.384 e. The normalized spacial score (nSPS) is 10.2. The van der Waals surface area contributed by atoms with Gasteiger partial charge in [-0.1, -0.05) is 48.5 Å². The van der Waals surface area contributed by atoms with Crippen molar-refractivity contribution in [1.29, 1.82) is 5.41 Å². The standard InChI is InChI=1S/C19H17N3/c20-19(21)15-8-7-13-18(14-15)22(16-9-3-1-4-10-16)17-11-5-2-6-12-17/h1-14H,(H3,20,21). The van der Waals surface area contributed by atoms with Crippen LogP contribution in [0.2, 0.25) is 0 Å². The van der Waals surface area contributed by atoms with E-state index in [2.05, 4.69) is 29.2 Å². The minimum atomic E-state index is 0.0722. The Morgan fingerprint density at radius 1 is 0.682 bits per heavy atom. The van der Waals surface area contributed by atoms with E-state index in [1.807, 2.05) is 60.7 Å². The molecule has 0 radical (unpaired) electrons. The first-order valence-electron chi connectivity index (χ1n) is 7.10. The number of nitrogens with two attached hydrogens (primary N) is 1. The fraction of sp³-hybridized carbons (Fsp3) is 0. The second kappa shape index (κ2) is 6.14. The van der Waals surface area contributed by atoms with Gasteiger partial charge in [0.15, 0.2) is 0 Å². The lowest BCUT2D eigenvalue weighted by atomic mass is 10.1. The van der Waals surface area contributed by atoms with Crippen LogP contribution in [0.5, 0.6) is 0 Å². The fourth-order valence-corrected chi connectivity index (χ4v) is 2.41. The summed E-state index contributed by atoms with van der Waals surface area (Å²) in [7, 11) is 0. The minimum absolute atomic E-state index is 0.0722. The van der Waals surface area contributed by atoms with Crippen molar-refractivity contribution in [3.05, 3.63) is 90.5 Å². The van der Waals surface area contributed by atoms with Gasteiger partial charge in [-0.3, -0.25) is 5.41 Å². The summed E-state index contributed by atoms with van der Waals surface area (Å²) in [5, 5.41) is 7.64. The molecule has 0 fully saturated rings. The first kappa shape index (κ1) is 13.9. The van der Waals surface area contributed by atoms with E-state index in [1.54, 1.807) is 0 Å². The van der Waals surface area contributed by atoms with E-state index in [9.17, 15) is 0 Å². The molecule has 0 amide bonds. The third-order valence-electron chi connectivity index (χ3n) is 3.44. The monoisotopic (exact) mass is 287 g/mol. The van der Waals surface area contributed by atoms with E-state index in [0.29, 0.717) is 0 Å². The highest BCUT2D eigenvalue weighted by Crippen LogP contribution is 2.34. The lowest BCUT2D eigenvalue weighted by molar-refractivity contribution is 1.28. The molecule has 0 unspecified atom stereocenters. The highest BCUT2D eigenvalue weighted by molar-refractivity contribution is 5.96. The number of nitrogens with zero attached hydrogens (tertiary/aromatic N) is 1. The molecule has 0 heterocycles. The van der Waals surface area contributed by atoms with Gasteiger partial charge in [0.25, 0.3) is 0 Å². The van der Waals surface area contributed by atoms with Gasteiger partial charge in [-0.15, -0.1) is 0 Å². The number of nitrogen functional groups attached to an aromatic ring is 1. The van der Waals surface area contributed by atoms with Crippen LogP contribution in [-0.2, 0) is 0 Å². The average molecular weight is 287 g/mol. The number of para-hydroxylation sites is 2. The molecule has 3 aromatic carbocycles. The molecular weight excluding hydrogens is 270 g/mol. The second-order valence-corrected chi connectivity index (χ2v) is 4.97. The number of hydrogen-bond donors (Lipinski definition) is 2. The maximum Gasteiger partial charge on any atom is 0.122 e. The predicted octanol–water partition coefficient (Wildman–Crippen LogP) is 4.44. The Bertz CT molecular complexity index is 727. The molecule has 0 aliphatic heterocycles. The van der Waals surface area contributed by atoms with Crippen LogP contribution in [0.25, 0.3) is 0 Å². The van der Waals surface area contributed by atoms with E-state index >= 15 is 0 Å². The molecule has 0 aliphatic carbocycles. The Morgan fingerprint density at radius 3 is 1.68 bits per heavy atom. The van der Waals surface area contributed by atoms with E-state index in [4.69, 9.17) is 11.1 Å². The van der Waals surface area contributed by atoms with Crippen LogP contribution < -0.4 is 10.6 Å². The third-order valence-corrected chi connectivity index (χ3v) is 3.44. The molecule has 3 nitrogen and oxygen atoms in total. The summed E-state index contributed by atoms with van der Waals surface area (Å²) >= 11 is 0. The topological polar surface area (TPSA) is 53.1 Å². The maximum absolute atomic E-state index is 7.64. The SMILES string of the molecule is N=C(N)c1cccc(N(c2ccccc2)c2ccccc2)c1.